The second kappa shape index (κ2) is 13.2. The van der Waals surface area contributed by atoms with Crippen LogP contribution in [0.4, 0.5) is 10.5 Å². The third-order valence-electron chi connectivity index (χ3n) is 10.9. The zero-order valence-electron chi connectivity index (χ0n) is 29.9. The Hall–Kier alpha value is -5.07. The van der Waals surface area contributed by atoms with Crippen molar-refractivity contribution in [2.24, 2.45) is 5.92 Å². The van der Waals surface area contributed by atoms with Crippen LogP contribution in [0, 0.1) is 5.92 Å². The fraction of sp³-hybridized carbons (Fsp3) is 0.513. The largest absolute Gasteiger partial charge is 0.444 e. The van der Waals surface area contributed by atoms with Crippen LogP contribution in [0.1, 0.15) is 129 Å². The molecular formula is C39H45N7O6. The Balaban J connectivity index is 0.940. The lowest BCUT2D eigenvalue weighted by Gasteiger charge is -2.37. The first-order valence-electron chi connectivity index (χ1n) is 18.6. The van der Waals surface area contributed by atoms with Crippen LogP contribution in [0.3, 0.4) is 0 Å². The first-order chi connectivity index (χ1) is 24.9. The average molecular weight is 708 g/mol. The SMILES string of the molecule is CC(C)(C)OC(=O)N1CCCCC1c1cccnc1-c1cn(C2CC(CNc3ccc4c(c3)C(=O)N(C3CCC(=O)NC3=O)C4=O)C2)nc1C1CC1. The number of rotatable bonds is 8. The molecule has 0 radical (unpaired) electrons. The molecule has 2 aromatic heterocycles. The molecule has 0 spiro atoms. The van der Waals surface area contributed by atoms with Crippen molar-refractivity contribution < 1.29 is 28.7 Å². The molecule has 13 heteroatoms. The lowest BCUT2D eigenvalue weighted by Crippen LogP contribution is -2.54. The van der Waals surface area contributed by atoms with E-state index in [9.17, 15) is 24.0 Å². The number of ether oxygens (including phenoxy) is 1. The van der Waals surface area contributed by atoms with Crippen LogP contribution in [-0.4, -0.2) is 79.0 Å². The Morgan fingerprint density at radius 2 is 1.75 bits per heavy atom. The summed E-state index contributed by atoms with van der Waals surface area (Å²) in [5, 5.41) is 10.8. The quantitative estimate of drug-likeness (QED) is 0.279. The first kappa shape index (κ1) is 34.0. The number of hydrogen-bond donors (Lipinski definition) is 2. The Labute approximate surface area is 302 Å². The summed E-state index contributed by atoms with van der Waals surface area (Å²) in [6.45, 7) is 7.05. The summed E-state index contributed by atoms with van der Waals surface area (Å²) in [4.78, 5) is 71.4. The van der Waals surface area contributed by atoms with Crippen LogP contribution >= 0.6 is 0 Å². The van der Waals surface area contributed by atoms with Gasteiger partial charge in [-0.1, -0.05) is 6.07 Å². The number of hydrogen-bond acceptors (Lipinski definition) is 9. The molecule has 1 aromatic carbocycles. The molecule has 2 aliphatic carbocycles. The normalized spacial score (nSPS) is 24.8. The third-order valence-corrected chi connectivity index (χ3v) is 10.9. The highest BCUT2D eigenvalue weighted by Crippen LogP contribution is 2.47. The standard InChI is InChI=1S/C39H45N7O6/c1-39(2,3)52-38(51)44-16-5-4-8-30(44)27-7-6-15-40-34(27)29-21-45(43-33(29)23-9-10-23)25-17-22(18-25)20-41-24-11-12-26-28(19-24)37(50)46(36(26)49)31-13-14-32(47)42-35(31)48/h6-7,11-12,15,19,21-23,25,30-31,41H,4-5,8-10,13-14,16-18,20H2,1-3H3,(H,42,47,48). The van der Waals surface area contributed by atoms with E-state index in [-0.39, 0.29) is 42.1 Å². The predicted molar refractivity (Wildman–Crippen MR) is 190 cm³/mol. The molecular weight excluding hydrogens is 662 g/mol. The minimum absolute atomic E-state index is 0.0833. The molecule has 3 aliphatic heterocycles. The van der Waals surface area contributed by atoms with Gasteiger partial charge in [0.05, 0.1) is 34.6 Å². The van der Waals surface area contributed by atoms with Crippen molar-refractivity contribution in [3.05, 3.63) is 65.1 Å². The Morgan fingerprint density at radius 3 is 2.50 bits per heavy atom. The van der Waals surface area contributed by atoms with E-state index in [1.807, 2.05) is 37.9 Å². The maximum absolute atomic E-state index is 13.3. The Morgan fingerprint density at radius 1 is 0.962 bits per heavy atom. The van der Waals surface area contributed by atoms with E-state index in [1.165, 1.54) is 0 Å². The number of benzene rings is 1. The topological polar surface area (TPSA) is 156 Å². The van der Waals surface area contributed by atoms with Crippen LogP contribution in [0.25, 0.3) is 11.3 Å². The Bertz CT molecular complexity index is 1960. The predicted octanol–water partition coefficient (Wildman–Crippen LogP) is 5.75. The molecule has 3 aromatic rings. The smallest absolute Gasteiger partial charge is 0.410 e. The van der Waals surface area contributed by atoms with Crippen LogP contribution in [0.2, 0.25) is 0 Å². The van der Waals surface area contributed by atoms with E-state index in [1.54, 1.807) is 18.2 Å². The molecule has 2 saturated heterocycles. The van der Waals surface area contributed by atoms with Crippen molar-refractivity contribution in [2.45, 2.75) is 108 Å². The number of likely N-dealkylation sites (tertiary alicyclic amines) is 1. The van der Waals surface area contributed by atoms with Gasteiger partial charge in [0.25, 0.3) is 11.8 Å². The van der Waals surface area contributed by atoms with E-state index in [0.29, 0.717) is 24.9 Å². The summed E-state index contributed by atoms with van der Waals surface area (Å²) < 4.78 is 7.94. The number of nitrogens with one attached hydrogen (secondary N) is 2. The molecule has 2 unspecified atom stereocenters. The highest BCUT2D eigenvalue weighted by molar-refractivity contribution is 6.23. The number of amides is 5. The molecule has 8 rings (SSSR count). The van der Waals surface area contributed by atoms with Crippen molar-refractivity contribution in [2.75, 3.05) is 18.4 Å². The summed E-state index contributed by atoms with van der Waals surface area (Å²) in [6, 6.07) is 8.30. The second-order valence-corrected chi connectivity index (χ2v) is 15.9. The number of imide groups is 2. The zero-order valence-corrected chi connectivity index (χ0v) is 29.9. The van der Waals surface area contributed by atoms with Gasteiger partial charge in [0.2, 0.25) is 11.8 Å². The van der Waals surface area contributed by atoms with E-state index in [4.69, 9.17) is 14.8 Å². The molecule has 5 amide bonds. The fourth-order valence-electron chi connectivity index (χ4n) is 8.07. The van der Waals surface area contributed by atoms with Gasteiger partial charge in [0.15, 0.2) is 0 Å². The third kappa shape index (κ3) is 6.45. The number of piperidine rings is 2. The second-order valence-electron chi connectivity index (χ2n) is 15.9. The molecule has 5 heterocycles. The summed E-state index contributed by atoms with van der Waals surface area (Å²) >= 11 is 0. The van der Waals surface area contributed by atoms with Crippen molar-refractivity contribution in [1.29, 1.82) is 0 Å². The van der Waals surface area contributed by atoms with Gasteiger partial charge < -0.3 is 15.0 Å². The van der Waals surface area contributed by atoms with E-state index in [0.717, 1.165) is 78.0 Å². The van der Waals surface area contributed by atoms with Crippen LogP contribution < -0.4 is 10.6 Å². The molecule has 272 valence electrons. The van der Waals surface area contributed by atoms with Gasteiger partial charge in [-0.2, -0.15) is 5.10 Å². The van der Waals surface area contributed by atoms with Crippen LogP contribution in [0.5, 0.6) is 0 Å². The van der Waals surface area contributed by atoms with Gasteiger partial charge in [-0.3, -0.25) is 39.1 Å². The maximum atomic E-state index is 13.3. The van der Waals surface area contributed by atoms with Gasteiger partial charge in [0.1, 0.15) is 11.6 Å². The summed E-state index contributed by atoms with van der Waals surface area (Å²) in [6.07, 6.45) is 10.8. The number of aromatic nitrogens is 3. The lowest BCUT2D eigenvalue weighted by molar-refractivity contribution is -0.136. The number of fused-ring (bicyclic) bond motifs is 1. The van der Waals surface area contributed by atoms with Crippen LogP contribution in [-0.2, 0) is 14.3 Å². The maximum Gasteiger partial charge on any atom is 0.410 e. The molecule has 13 nitrogen and oxygen atoms in total. The van der Waals surface area contributed by atoms with Crippen molar-refractivity contribution >= 4 is 35.4 Å². The summed E-state index contributed by atoms with van der Waals surface area (Å²) in [5.74, 6) is -1.24. The number of carbonyl (C=O) groups is 5. The number of carbonyl (C=O) groups excluding carboxylic acids is 5. The van der Waals surface area contributed by atoms with Crippen molar-refractivity contribution in [3.63, 3.8) is 0 Å². The molecule has 2 N–H and O–H groups in total. The number of pyridine rings is 1. The highest BCUT2D eigenvalue weighted by atomic mass is 16.6. The number of anilines is 1. The minimum atomic E-state index is -0.986. The minimum Gasteiger partial charge on any atom is -0.444 e. The van der Waals surface area contributed by atoms with Gasteiger partial charge >= 0.3 is 6.09 Å². The average Bonchev–Trinajstić information content (AvgIpc) is 3.80. The molecule has 2 atom stereocenters. The van der Waals surface area contributed by atoms with Crippen molar-refractivity contribution in [1.82, 2.24) is 29.9 Å². The molecule has 0 bridgehead atoms. The molecule has 4 fully saturated rings. The van der Waals surface area contributed by atoms with Crippen LogP contribution in [0.15, 0.2) is 42.7 Å². The molecule has 5 aliphatic rings. The Kier molecular flexibility index (Phi) is 8.62. The van der Waals surface area contributed by atoms with Gasteiger partial charge in [-0.25, -0.2) is 4.79 Å². The fourth-order valence-corrected chi connectivity index (χ4v) is 8.07. The zero-order chi connectivity index (χ0) is 36.3. The van der Waals surface area contributed by atoms with Crippen molar-refractivity contribution in [3.8, 4) is 11.3 Å². The van der Waals surface area contributed by atoms with E-state index >= 15 is 0 Å². The van der Waals surface area contributed by atoms with E-state index < -0.39 is 35.3 Å². The summed E-state index contributed by atoms with van der Waals surface area (Å²) in [5.41, 5.74) is 4.77. The van der Waals surface area contributed by atoms with E-state index in [2.05, 4.69) is 27.6 Å². The van der Waals surface area contributed by atoms with Gasteiger partial charge in [-0.05, 0) is 102 Å². The number of nitrogens with zero attached hydrogens (tertiary/aromatic N) is 5. The molecule has 52 heavy (non-hydrogen) atoms. The monoisotopic (exact) mass is 707 g/mol. The first-order valence-corrected chi connectivity index (χ1v) is 18.6. The summed E-state index contributed by atoms with van der Waals surface area (Å²) in [7, 11) is 0. The molecule has 2 saturated carbocycles. The lowest BCUT2D eigenvalue weighted by atomic mass is 9.80. The van der Waals surface area contributed by atoms with Gasteiger partial charge in [-0.15, -0.1) is 0 Å². The van der Waals surface area contributed by atoms with Gasteiger partial charge in [0, 0.05) is 54.6 Å². The highest BCUT2D eigenvalue weighted by Gasteiger charge is 2.45.